The van der Waals surface area contributed by atoms with E-state index in [9.17, 15) is 26.4 Å². The maximum Gasteiger partial charge on any atom is 0.417 e. The van der Waals surface area contributed by atoms with Gasteiger partial charge in [0.1, 0.15) is 6.54 Å². The third-order valence-electron chi connectivity index (χ3n) is 5.11. The Morgan fingerprint density at radius 1 is 1.00 bits per heavy atom. The lowest BCUT2D eigenvalue weighted by Crippen LogP contribution is -2.43. The van der Waals surface area contributed by atoms with E-state index in [2.05, 4.69) is 0 Å². The maximum atomic E-state index is 13.4. The van der Waals surface area contributed by atoms with Gasteiger partial charge in [-0.2, -0.15) is 13.2 Å². The Morgan fingerprint density at radius 2 is 1.61 bits per heavy atom. The normalized spacial score (nSPS) is 15.4. The van der Waals surface area contributed by atoms with E-state index in [-0.39, 0.29) is 10.6 Å². The molecule has 0 atom stereocenters. The molecule has 1 fully saturated rings. The van der Waals surface area contributed by atoms with Gasteiger partial charge in [0.2, 0.25) is 5.91 Å². The molecular weight excluding hydrogens is 453 g/mol. The van der Waals surface area contributed by atoms with Gasteiger partial charge in [0.05, 0.1) is 21.2 Å². The molecule has 2 aromatic rings. The summed E-state index contributed by atoms with van der Waals surface area (Å²) in [5.41, 5.74) is -1.44. The molecule has 1 heterocycles. The zero-order chi connectivity index (χ0) is 22.6. The van der Waals surface area contributed by atoms with Crippen LogP contribution in [0.5, 0.6) is 0 Å². The molecule has 0 bridgehead atoms. The third-order valence-corrected chi connectivity index (χ3v) is 7.23. The van der Waals surface area contributed by atoms with Crippen molar-refractivity contribution in [3.05, 3.63) is 59.1 Å². The number of halogens is 4. The first kappa shape index (κ1) is 23.4. The van der Waals surface area contributed by atoms with Gasteiger partial charge in [-0.15, -0.1) is 0 Å². The van der Waals surface area contributed by atoms with Crippen LogP contribution in [0.1, 0.15) is 31.2 Å². The fourth-order valence-corrected chi connectivity index (χ4v) is 5.12. The van der Waals surface area contributed by atoms with E-state index in [1.54, 1.807) is 11.0 Å². The van der Waals surface area contributed by atoms with Crippen molar-refractivity contribution in [1.29, 1.82) is 0 Å². The number of hydrogen-bond acceptors (Lipinski definition) is 3. The predicted octanol–water partition coefficient (Wildman–Crippen LogP) is 4.96. The molecule has 1 aliphatic rings. The van der Waals surface area contributed by atoms with Crippen LogP contribution in [-0.2, 0) is 21.0 Å². The van der Waals surface area contributed by atoms with Crippen molar-refractivity contribution in [2.75, 3.05) is 23.9 Å². The lowest BCUT2D eigenvalue weighted by atomic mass is 10.2. The lowest BCUT2D eigenvalue weighted by Gasteiger charge is -2.28. The summed E-state index contributed by atoms with van der Waals surface area (Å²) in [5, 5.41) is -0.549. The van der Waals surface area contributed by atoms with Crippen LogP contribution in [0.4, 0.5) is 18.9 Å². The van der Waals surface area contributed by atoms with Gasteiger partial charge in [-0.05, 0) is 43.2 Å². The molecule has 1 saturated heterocycles. The molecule has 0 N–H and O–H groups in total. The van der Waals surface area contributed by atoms with Crippen molar-refractivity contribution in [2.24, 2.45) is 0 Å². The van der Waals surface area contributed by atoms with Crippen LogP contribution in [-0.4, -0.2) is 38.9 Å². The van der Waals surface area contributed by atoms with Gasteiger partial charge in [-0.1, -0.05) is 42.6 Å². The van der Waals surface area contributed by atoms with E-state index >= 15 is 0 Å². The molecule has 1 amide bonds. The lowest BCUT2D eigenvalue weighted by molar-refractivity contribution is -0.137. The van der Waals surface area contributed by atoms with Crippen LogP contribution in [0.2, 0.25) is 5.02 Å². The summed E-state index contributed by atoms with van der Waals surface area (Å²) in [6.45, 7) is 0.384. The highest BCUT2D eigenvalue weighted by atomic mass is 35.5. The second-order valence-corrected chi connectivity index (χ2v) is 9.55. The van der Waals surface area contributed by atoms with Crippen molar-refractivity contribution in [3.63, 3.8) is 0 Å². The Morgan fingerprint density at radius 3 is 2.19 bits per heavy atom. The number of rotatable bonds is 5. The Kier molecular flexibility index (Phi) is 7.16. The molecule has 10 heteroatoms. The number of alkyl halides is 3. The van der Waals surface area contributed by atoms with E-state index in [0.29, 0.717) is 19.2 Å². The molecule has 0 aliphatic carbocycles. The molecule has 0 radical (unpaired) electrons. The van der Waals surface area contributed by atoms with Crippen molar-refractivity contribution in [1.82, 2.24) is 4.90 Å². The monoisotopic (exact) mass is 474 g/mol. The Hall–Kier alpha value is -2.26. The second-order valence-electron chi connectivity index (χ2n) is 7.28. The zero-order valence-electron chi connectivity index (χ0n) is 16.6. The third kappa shape index (κ3) is 5.51. The molecule has 0 saturated carbocycles. The van der Waals surface area contributed by atoms with Gasteiger partial charge in [-0.25, -0.2) is 8.42 Å². The number of sulfonamides is 1. The van der Waals surface area contributed by atoms with E-state index < -0.39 is 39.2 Å². The quantitative estimate of drug-likeness (QED) is 0.615. The molecule has 1 aliphatic heterocycles. The average molecular weight is 475 g/mol. The molecule has 0 unspecified atom stereocenters. The first-order chi connectivity index (χ1) is 14.6. The summed E-state index contributed by atoms with van der Waals surface area (Å²) in [4.78, 5) is 14.4. The molecule has 0 aromatic heterocycles. The summed E-state index contributed by atoms with van der Waals surface area (Å²) in [5.74, 6) is -0.454. The van der Waals surface area contributed by atoms with Gasteiger partial charge >= 0.3 is 6.18 Å². The molecule has 3 rings (SSSR count). The molecule has 2 aromatic carbocycles. The SMILES string of the molecule is O=C(CN(c1ccc(Cl)c(C(F)(F)F)c1)S(=O)(=O)c1ccccc1)N1CCCCCC1. The van der Waals surface area contributed by atoms with Crippen molar-refractivity contribution >= 4 is 33.2 Å². The first-order valence-electron chi connectivity index (χ1n) is 9.83. The summed E-state index contributed by atoms with van der Waals surface area (Å²) in [6, 6.07) is 10.1. The number of carbonyl (C=O) groups is 1. The Balaban J connectivity index is 2.04. The van der Waals surface area contributed by atoms with Crippen LogP contribution in [0.15, 0.2) is 53.4 Å². The molecule has 0 spiro atoms. The molecule has 31 heavy (non-hydrogen) atoms. The van der Waals surface area contributed by atoms with Crippen molar-refractivity contribution < 1.29 is 26.4 Å². The highest BCUT2D eigenvalue weighted by molar-refractivity contribution is 7.92. The summed E-state index contributed by atoms with van der Waals surface area (Å²) in [6.07, 6.45) is -1.22. The number of likely N-dealkylation sites (tertiary alicyclic amines) is 1. The van der Waals surface area contributed by atoms with E-state index in [4.69, 9.17) is 11.6 Å². The average Bonchev–Trinajstić information content (AvgIpc) is 3.02. The number of benzene rings is 2. The fraction of sp³-hybridized carbons (Fsp3) is 0.381. The number of carbonyl (C=O) groups excluding carboxylic acids is 1. The fourth-order valence-electron chi connectivity index (χ4n) is 3.46. The number of nitrogens with zero attached hydrogens (tertiary/aromatic N) is 2. The maximum absolute atomic E-state index is 13.4. The molecular formula is C21H22ClF3N2O3S. The topological polar surface area (TPSA) is 57.7 Å². The summed E-state index contributed by atoms with van der Waals surface area (Å²) >= 11 is 5.70. The van der Waals surface area contributed by atoms with Gasteiger partial charge in [-0.3, -0.25) is 9.10 Å². The van der Waals surface area contributed by atoms with Crippen molar-refractivity contribution in [2.45, 2.75) is 36.8 Å². The van der Waals surface area contributed by atoms with Crippen molar-refractivity contribution in [3.8, 4) is 0 Å². The smallest absolute Gasteiger partial charge is 0.341 e. The Labute approximate surface area is 184 Å². The van der Waals surface area contributed by atoms with Gasteiger partial charge in [0.15, 0.2) is 0 Å². The predicted molar refractivity (Wildman–Crippen MR) is 112 cm³/mol. The minimum Gasteiger partial charge on any atom is -0.341 e. The van der Waals surface area contributed by atoms with Crippen LogP contribution in [0.3, 0.4) is 0 Å². The Bertz CT molecular complexity index is 1020. The zero-order valence-corrected chi connectivity index (χ0v) is 18.2. The number of amides is 1. The highest BCUT2D eigenvalue weighted by Gasteiger charge is 2.36. The first-order valence-corrected chi connectivity index (χ1v) is 11.6. The van der Waals surface area contributed by atoms with E-state index in [1.807, 2.05) is 0 Å². The number of anilines is 1. The summed E-state index contributed by atoms with van der Waals surface area (Å²) in [7, 11) is -4.30. The molecule has 5 nitrogen and oxygen atoms in total. The van der Waals surface area contributed by atoms with Crippen LogP contribution in [0, 0.1) is 0 Å². The van der Waals surface area contributed by atoms with Crippen LogP contribution >= 0.6 is 11.6 Å². The van der Waals surface area contributed by atoms with Gasteiger partial charge in [0, 0.05) is 13.1 Å². The number of hydrogen-bond donors (Lipinski definition) is 0. The largest absolute Gasteiger partial charge is 0.417 e. The van der Waals surface area contributed by atoms with Gasteiger partial charge < -0.3 is 4.90 Å². The molecule has 168 valence electrons. The minimum atomic E-state index is -4.77. The van der Waals surface area contributed by atoms with Gasteiger partial charge in [0.25, 0.3) is 10.0 Å². The standard InChI is InChI=1S/C21H22ClF3N2O3S/c22-19-11-10-16(14-18(19)21(23,24)25)27(31(29,30)17-8-4-3-5-9-17)15-20(28)26-12-6-1-2-7-13-26/h3-5,8-11,14H,1-2,6-7,12-13,15H2. The second kappa shape index (κ2) is 9.48. The van der Waals surface area contributed by atoms with Crippen LogP contribution < -0.4 is 4.31 Å². The minimum absolute atomic E-state index is 0.123. The van der Waals surface area contributed by atoms with E-state index in [1.165, 1.54) is 30.3 Å². The highest BCUT2D eigenvalue weighted by Crippen LogP contribution is 2.38. The summed E-state index contributed by atoms with van der Waals surface area (Å²) < 4.78 is 67.5. The van der Waals surface area contributed by atoms with E-state index in [0.717, 1.165) is 36.1 Å². The van der Waals surface area contributed by atoms with Crippen LogP contribution in [0.25, 0.3) is 0 Å².